The minimum atomic E-state index is -0.0214. The molecule has 0 aromatic carbocycles. The molecule has 1 heterocycles. The molecule has 0 amide bonds. The fourth-order valence-corrected chi connectivity index (χ4v) is 1.86. The van der Waals surface area contributed by atoms with Gasteiger partial charge in [0.15, 0.2) is 0 Å². The molecule has 1 aliphatic carbocycles. The van der Waals surface area contributed by atoms with Crippen molar-refractivity contribution in [1.82, 2.24) is 9.97 Å². The van der Waals surface area contributed by atoms with Gasteiger partial charge in [0.2, 0.25) is 0 Å². The lowest BCUT2D eigenvalue weighted by Crippen LogP contribution is -2.16. The first kappa shape index (κ1) is 9.19. The van der Waals surface area contributed by atoms with Crippen LogP contribution in [0.5, 0.6) is 0 Å². The Balaban J connectivity index is 2.60. The van der Waals surface area contributed by atoms with E-state index in [1.165, 1.54) is 0 Å². The molecule has 0 aliphatic heterocycles. The maximum atomic E-state index is 11.6. The van der Waals surface area contributed by atoms with E-state index in [-0.39, 0.29) is 5.56 Å². The zero-order valence-electron chi connectivity index (χ0n) is 8.66. The number of nitrogens with zero attached hydrogens (tertiary/aromatic N) is 1. The van der Waals surface area contributed by atoms with Gasteiger partial charge < -0.3 is 4.98 Å². The van der Waals surface area contributed by atoms with E-state index in [4.69, 9.17) is 0 Å². The van der Waals surface area contributed by atoms with Crippen LogP contribution in [-0.2, 0) is 0 Å². The Morgan fingerprint density at radius 1 is 1.50 bits per heavy atom. The molecule has 1 unspecified atom stereocenters. The largest absolute Gasteiger partial charge is 0.310 e. The van der Waals surface area contributed by atoms with Crippen molar-refractivity contribution in [3.63, 3.8) is 0 Å². The Bertz CT molecular complexity index is 443. The summed E-state index contributed by atoms with van der Waals surface area (Å²) >= 11 is 0. The minimum absolute atomic E-state index is 0.0214. The molecule has 74 valence electrons. The van der Waals surface area contributed by atoms with E-state index in [0.717, 1.165) is 11.3 Å². The third kappa shape index (κ3) is 1.29. The monoisotopic (exact) mass is 190 g/mol. The molecule has 0 bridgehead atoms. The van der Waals surface area contributed by atoms with Gasteiger partial charge in [0.25, 0.3) is 5.56 Å². The second-order valence-corrected chi connectivity index (χ2v) is 4.08. The molecule has 1 atom stereocenters. The van der Waals surface area contributed by atoms with Gasteiger partial charge in [-0.25, -0.2) is 4.98 Å². The average molecular weight is 190 g/mol. The normalized spacial score (nSPS) is 19.0. The number of aromatic nitrogens is 2. The van der Waals surface area contributed by atoms with Gasteiger partial charge in [-0.2, -0.15) is 0 Å². The van der Waals surface area contributed by atoms with Crippen LogP contribution in [0, 0.1) is 12.8 Å². The summed E-state index contributed by atoms with van der Waals surface area (Å²) in [6.45, 7) is 6.10. The molecule has 1 aliphatic rings. The highest BCUT2D eigenvalue weighted by molar-refractivity contribution is 5.59. The molecule has 3 nitrogen and oxygen atoms in total. The van der Waals surface area contributed by atoms with Crippen molar-refractivity contribution >= 4 is 6.08 Å². The molecule has 0 spiro atoms. The zero-order valence-corrected chi connectivity index (χ0v) is 8.66. The van der Waals surface area contributed by atoms with Crippen molar-refractivity contribution in [3.8, 4) is 0 Å². The topological polar surface area (TPSA) is 45.8 Å². The molecule has 3 heteroatoms. The van der Waals surface area contributed by atoms with Gasteiger partial charge in [-0.15, -0.1) is 0 Å². The second-order valence-electron chi connectivity index (χ2n) is 4.08. The molecule has 0 saturated heterocycles. The van der Waals surface area contributed by atoms with Crippen LogP contribution in [0.2, 0.25) is 0 Å². The third-order valence-corrected chi connectivity index (χ3v) is 2.61. The molecule has 2 rings (SSSR count). The van der Waals surface area contributed by atoms with Gasteiger partial charge in [-0.3, -0.25) is 4.79 Å². The van der Waals surface area contributed by atoms with Crippen LogP contribution in [-0.4, -0.2) is 9.97 Å². The number of hydrogen-bond acceptors (Lipinski definition) is 2. The van der Waals surface area contributed by atoms with E-state index in [1.807, 2.05) is 13.0 Å². The first-order valence-electron chi connectivity index (χ1n) is 4.88. The van der Waals surface area contributed by atoms with Crippen molar-refractivity contribution in [2.75, 3.05) is 0 Å². The SMILES string of the molecule is Cc1nc2c(c(=O)[nH]1)C=CC2C(C)C. The number of allylic oxidation sites excluding steroid dienone is 1. The summed E-state index contributed by atoms with van der Waals surface area (Å²) in [7, 11) is 0. The lowest BCUT2D eigenvalue weighted by atomic mass is 9.94. The van der Waals surface area contributed by atoms with Crippen molar-refractivity contribution in [2.45, 2.75) is 26.7 Å². The Morgan fingerprint density at radius 3 is 2.86 bits per heavy atom. The quantitative estimate of drug-likeness (QED) is 0.734. The fraction of sp³-hybridized carbons (Fsp3) is 0.455. The third-order valence-electron chi connectivity index (χ3n) is 2.61. The van der Waals surface area contributed by atoms with E-state index in [0.29, 0.717) is 17.7 Å². The summed E-state index contributed by atoms with van der Waals surface area (Å²) in [5.41, 5.74) is 1.64. The smallest absolute Gasteiger partial charge is 0.258 e. The predicted octanol–water partition coefficient (Wildman–Crippen LogP) is 1.84. The van der Waals surface area contributed by atoms with Crippen LogP contribution < -0.4 is 5.56 Å². The summed E-state index contributed by atoms with van der Waals surface area (Å²) in [6, 6.07) is 0. The highest BCUT2D eigenvalue weighted by Gasteiger charge is 2.24. The maximum absolute atomic E-state index is 11.6. The van der Waals surface area contributed by atoms with Crippen molar-refractivity contribution in [1.29, 1.82) is 0 Å². The molecule has 14 heavy (non-hydrogen) atoms. The van der Waals surface area contributed by atoms with E-state index >= 15 is 0 Å². The molecule has 1 aromatic heterocycles. The number of aryl methyl sites for hydroxylation is 1. The lowest BCUT2D eigenvalue weighted by Gasteiger charge is -2.13. The van der Waals surface area contributed by atoms with E-state index in [1.54, 1.807) is 0 Å². The first-order valence-corrected chi connectivity index (χ1v) is 4.88. The molecule has 0 radical (unpaired) electrons. The molecule has 1 aromatic rings. The van der Waals surface area contributed by atoms with E-state index in [2.05, 4.69) is 29.9 Å². The van der Waals surface area contributed by atoms with Crippen molar-refractivity contribution in [2.24, 2.45) is 5.92 Å². The minimum Gasteiger partial charge on any atom is -0.310 e. The molecular weight excluding hydrogens is 176 g/mol. The van der Waals surface area contributed by atoms with Crippen LogP contribution in [0.1, 0.15) is 36.8 Å². The summed E-state index contributed by atoms with van der Waals surface area (Å²) in [4.78, 5) is 18.7. The average Bonchev–Trinajstić information content (AvgIpc) is 2.47. The molecule has 0 fully saturated rings. The Morgan fingerprint density at radius 2 is 2.21 bits per heavy atom. The lowest BCUT2D eigenvalue weighted by molar-refractivity contribution is 0.569. The van der Waals surface area contributed by atoms with Crippen LogP contribution in [0.4, 0.5) is 0 Å². The van der Waals surface area contributed by atoms with Gasteiger partial charge in [0, 0.05) is 5.92 Å². The van der Waals surface area contributed by atoms with E-state index < -0.39 is 0 Å². The molecule has 1 N–H and O–H groups in total. The Kier molecular flexibility index (Phi) is 2.02. The number of fused-ring (bicyclic) bond motifs is 1. The van der Waals surface area contributed by atoms with Crippen LogP contribution in [0.15, 0.2) is 10.9 Å². The number of H-pyrrole nitrogens is 1. The first-order chi connectivity index (χ1) is 6.59. The summed E-state index contributed by atoms with van der Waals surface area (Å²) < 4.78 is 0. The Hall–Kier alpha value is -1.38. The fourth-order valence-electron chi connectivity index (χ4n) is 1.86. The van der Waals surface area contributed by atoms with Gasteiger partial charge >= 0.3 is 0 Å². The standard InChI is InChI=1S/C11H14N2O/c1-6(2)8-4-5-9-10(8)12-7(3)13-11(9)14/h4-6,8H,1-3H3,(H,12,13,14). The summed E-state index contributed by atoms with van der Waals surface area (Å²) in [5, 5.41) is 0. The molecular formula is C11H14N2O. The van der Waals surface area contributed by atoms with Gasteiger partial charge in [-0.1, -0.05) is 26.0 Å². The number of hydrogen-bond donors (Lipinski definition) is 1. The summed E-state index contributed by atoms with van der Waals surface area (Å²) in [5.74, 6) is 1.48. The van der Waals surface area contributed by atoms with Gasteiger partial charge in [-0.05, 0) is 12.8 Å². The second kappa shape index (κ2) is 3.08. The predicted molar refractivity (Wildman–Crippen MR) is 56.2 cm³/mol. The van der Waals surface area contributed by atoms with E-state index in [9.17, 15) is 4.79 Å². The highest BCUT2D eigenvalue weighted by atomic mass is 16.1. The molecule has 0 saturated carbocycles. The highest BCUT2D eigenvalue weighted by Crippen LogP contribution is 2.31. The Labute approximate surface area is 82.9 Å². The maximum Gasteiger partial charge on any atom is 0.258 e. The zero-order chi connectivity index (χ0) is 10.3. The number of aromatic amines is 1. The number of rotatable bonds is 1. The van der Waals surface area contributed by atoms with Gasteiger partial charge in [0.05, 0.1) is 11.3 Å². The van der Waals surface area contributed by atoms with Gasteiger partial charge in [0.1, 0.15) is 5.82 Å². The van der Waals surface area contributed by atoms with Crippen LogP contribution in [0.25, 0.3) is 6.08 Å². The summed E-state index contributed by atoms with van der Waals surface area (Å²) in [6.07, 6.45) is 3.95. The van der Waals surface area contributed by atoms with Crippen molar-refractivity contribution < 1.29 is 0 Å². The van der Waals surface area contributed by atoms with Crippen LogP contribution >= 0.6 is 0 Å². The van der Waals surface area contributed by atoms with Crippen LogP contribution in [0.3, 0.4) is 0 Å². The number of nitrogens with one attached hydrogen (secondary N) is 1. The van der Waals surface area contributed by atoms with Crippen molar-refractivity contribution in [3.05, 3.63) is 33.5 Å².